The number of fused-ring (bicyclic) bond motifs is 1. The van der Waals surface area contributed by atoms with Crippen molar-refractivity contribution in [3.63, 3.8) is 0 Å². The number of rotatable bonds is 13. The summed E-state index contributed by atoms with van der Waals surface area (Å²) in [6.07, 6.45) is 6.26. The molecule has 2 fully saturated rings. The average Bonchev–Trinajstić information content (AvgIpc) is 3.43. The molecule has 12 nitrogen and oxygen atoms in total. The highest BCUT2D eigenvalue weighted by Crippen LogP contribution is 2.34. The highest BCUT2D eigenvalue weighted by Gasteiger charge is 2.45. The van der Waals surface area contributed by atoms with E-state index >= 15 is 0 Å². The fourth-order valence-electron chi connectivity index (χ4n) is 7.12. The standard InChI is InChI=1S/C41H44N6O6/c1-41(2,28-12-16-31(17-13-28)53-26-29-20-22-43-40(44-29)46-23-4-3-5-24-46)27-10-14-30(15-11-27)52-25-7-21-42-33-9-6-8-32-36(33)39(51)47(38(32)50)34-18-19-35(48)45-37(34)49/h6,8-17,20,22,34,42H,3-5,7,18-19,21,23-26H2,1-2H3,(H,45,48,49). The van der Waals surface area contributed by atoms with Crippen molar-refractivity contribution >= 4 is 35.3 Å². The molecule has 1 unspecified atom stereocenters. The van der Waals surface area contributed by atoms with Crippen molar-refractivity contribution in [1.29, 1.82) is 0 Å². The first kappa shape index (κ1) is 35.6. The van der Waals surface area contributed by atoms with E-state index in [0.29, 0.717) is 31.9 Å². The molecule has 0 saturated carbocycles. The molecule has 2 N–H and O–H groups in total. The van der Waals surface area contributed by atoms with Gasteiger partial charge in [0.15, 0.2) is 0 Å². The number of ether oxygens (including phenoxy) is 2. The van der Waals surface area contributed by atoms with Crippen molar-refractivity contribution in [3.05, 3.63) is 107 Å². The number of piperidine rings is 2. The summed E-state index contributed by atoms with van der Waals surface area (Å²) in [6, 6.07) is 22.2. The topological polar surface area (TPSA) is 143 Å². The van der Waals surface area contributed by atoms with Crippen molar-refractivity contribution < 1.29 is 28.7 Å². The van der Waals surface area contributed by atoms with E-state index in [1.165, 1.54) is 19.3 Å². The van der Waals surface area contributed by atoms with Crippen molar-refractivity contribution in [1.82, 2.24) is 20.2 Å². The summed E-state index contributed by atoms with van der Waals surface area (Å²) >= 11 is 0. The van der Waals surface area contributed by atoms with Crippen LogP contribution in [0.5, 0.6) is 11.5 Å². The summed E-state index contributed by atoms with van der Waals surface area (Å²) in [7, 11) is 0. The predicted octanol–water partition coefficient (Wildman–Crippen LogP) is 5.65. The Kier molecular flexibility index (Phi) is 10.4. The highest BCUT2D eigenvalue weighted by molar-refractivity contribution is 6.25. The Bertz CT molecular complexity index is 1990. The minimum Gasteiger partial charge on any atom is -0.494 e. The molecule has 7 rings (SSSR count). The first-order valence-electron chi connectivity index (χ1n) is 18.3. The highest BCUT2D eigenvalue weighted by atomic mass is 16.5. The van der Waals surface area contributed by atoms with Crippen LogP contribution in [0.1, 0.15) is 89.9 Å². The monoisotopic (exact) mass is 716 g/mol. The molecule has 12 heteroatoms. The number of imide groups is 2. The zero-order valence-corrected chi connectivity index (χ0v) is 30.1. The molecule has 0 radical (unpaired) electrons. The van der Waals surface area contributed by atoms with Crippen molar-refractivity contribution in [2.75, 3.05) is 36.5 Å². The van der Waals surface area contributed by atoms with E-state index in [4.69, 9.17) is 14.5 Å². The Labute approximate surface area is 308 Å². The van der Waals surface area contributed by atoms with Gasteiger partial charge in [-0.3, -0.25) is 29.4 Å². The number of hydrogen-bond donors (Lipinski definition) is 2. The van der Waals surface area contributed by atoms with Crippen molar-refractivity contribution in [2.24, 2.45) is 0 Å². The van der Waals surface area contributed by atoms with Crippen LogP contribution in [-0.4, -0.2) is 70.8 Å². The van der Waals surface area contributed by atoms with Crippen LogP contribution in [0, 0.1) is 0 Å². The molecule has 0 aliphatic carbocycles. The van der Waals surface area contributed by atoms with Crippen LogP contribution in [-0.2, 0) is 21.6 Å². The van der Waals surface area contributed by atoms with Crippen LogP contribution in [0.3, 0.4) is 0 Å². The molecule has 53 heavy (non-hydrogen) atoms. The van der Waals surface area contributed by atoms with Gasteiger partial charge >= 0.3 is 0 Å². The van der Waals surface area contributed by atoms with E-state index in [-0.39, 0.29) is 29.4 Å². The number of anilines is 2. The number of hydrogen-bond acceptors (Lipinski definition) is 10. The van der Waals surface area contributed by atoms with E-state index in [0.717, 1.165) is 52.3 Å². The molecule has 4 aromatic rings. The molecule has 4 heterocycles. The molecule has 0 spiro atoms. The lowest BCUT2D eigenvalue weighted by Crippen LogP contribution is -2.54. The zero-order valence-electron chi connectivity index (χ0n) is 30.1. The maximum atomic E-state index is 13.3. The van der Waals surface area contributed by atoms with Crippen LogP contribution in [0.25, 0.3) is 0 Å². The number of aromatic nitrogens is 2. The summed E-state index contributed by atoms with van der Waals surface area (Å²) in [5.74, 6) is 0.220. The summed E-state index contributed by atoms with van der Waals surface area (Å²) in [6.45, 7) is 7.70. The Balaban J connectivity index is 0.882. The number of nitrogens with zero attached hydrogens (tertiary/aromatic N) is 4. The Hall–Kier alpha value is -5.78. The van der Waals surface area contributed by atoms with Gasteiger partial charge in [-0.1, -0.05) is 44.2 Å². The second kappa shape index (κ2) is 15.4. The Morgan fingerprint density at radius 1 is 0.849 bits per heavy atom. The molecule has 2 saturated heterocycles. The quantitative estimate of drug-likeness (QED) is 0.132. The number of carbonyl (C=O) groups excluding carboxylic acids is 4. The average molecular weight is 717 g/mol. The number of amides is 4. The maximum Gasteiger partial charge on any atom is 0.264 e. The van der Waals surface area contributed by atoms with E-state index in [1.54, 1.807) is 18.2 Å². The van der Waals surface area contributed by atoms with Gasteiger partial charge in [-0.15, -0.1) is 0 Å². The predicted molar refractivity (Wildman–Crippen MR) is 199 cm³/mol. The minimum absolute atomic E-state index is 0.0752. The van der Waals surface area contributed by atoms with E-state index in [2.05, 4.69) is 58.6 Å². The first-order valence-corrected chi connectivity index (χ1v) is 18.3. The summed E-state index contributed by atoms with van der Waals surface area (Å²) in [4.78, 5) is 62.8. The molecule has 0 bridgehead atoms. The van der Waals surface area contributed by atoms with Crippen molar-refractivity contribution in [2.45, 2.75) is 70.4 Å². The van der Waals surface area contributed by atoms with Crippen LogP contribution in [0.15, 0.2) is 79.0 Å². The van der Waals surface area contributed by atoms with Gasteiger partial charge in [0.1, 0.15) is 24.1 Å². The third-order valence-corrected chi connectivity index (χ3v) is 10.3. The number of nitrogens with one attached hydrogen (secondary N) is 2. The van der Waals surface area contributed by atoms with Crippen LogP contribution in [0.4, 0.5) is 11.6 Å². The fraction of sp³-hybridized carbons (Fsp3) is 0.366. The van der Waals surface area contributed by atoms with Gasteiger partial charge in [-0.05, 0) is 85.7 Å². The zero-order chi connectivity index (χ0) is 37.0. The van der Waals surface area contributed by atoms with E-state index in [1.807, 2.05) is 36.5 Å². The smallest absolute Gasteiger partial charge is 0.264 e. The molecular formula is C41H44N6O6. The third-order valence-electron chi connectivity index (χ3n) is 10.3. The SMILES string of the molecule is CC(C)(c1ccc(OCCCNc2cccc3c2C(=O)N(C2CCC(=O)NC2=O)C3=O)cc1)c1ccc(OCc2ccnc(N3CCCCC3)n2)cc1. The fourth-order valence-corrected chi connectivity index (χ4v) is 7.12. The van der Waals surface area contributed by atoms with Gasteiger partial charge in [0.05, 0.1) is 23.4 Å². The summed E-state index contributed by atoms with van der Waals surface area (Å²) in [5, 5.41) is 5.48. The molecule has 1 aromatic heterocycles. The van der Waals surface area contributed by atoms with E-state index in [9.17, 15) is 19.2 Å². The molecule has 3 aromatic carbocycles. The van der Waals surface area contributed by atoms with Gasteiger partial charge < -0.3 is 19.7 Å². The molecular weight excluding hydrogens is 672 g/mol. The van der Waals surface area contributed by atoms with Crippen LogP contribution in [0.2, 0.25) is 0 Å². The molecule has 1 atom stereocenters. The lowest BCUT2D eigenvalue weighted by molar-refractivity contribution is -0.136. The Morgan fingerprint density at radius 3 is 2.25 bits per heavy atom. The van der Waals surface area contributed by atoms with Crippen LogP contribution >= 0.6 is 0 Å². The van der Waals surface area contributed by atoms with Crippen molar-refractivity contribution in [3.8, 4) is 11.5 Å². The molecule has 3 aliphatic heterocycles. The van der Waals surface area contributed by atoms with Gasteiger partial charge in [0.25, 0.3) is 11.8 Å². The van der Waals surface area contributed by atoms with E-state index < -0.39 is 29.7 Å². The second-order valence-corrected chi connectivity index (χ2v) is 14.2. The Morgan fingerprint density at radius 2 is 1.55 bits per heavy atom. The second-order valence-electron chi connectivity index (χ2n) is 14.2. The van der Waals surface area contributed by atoms with Gasteiger partial charge in [-0.25, -0.2) is 9.97 Å². The van der Waals surface area contributed by atoms with Gasteiger partial charge in [0.2, 0.25) is 17.8 Å². The first-order chi connectivity index (χ1) is 25.7. The largest absolute Gasteiger partial charge is 0.494 e. The minimum atomic E-state index is -1.00. The molecule has 4 amide bonds. The van der Waals surface area contributed by atoms with Gasteiger partial charge in [0, 0.05) is 43.4 Å². The molecule has 3 aliphatic rings. The number of benzene rings is 3. The number of carbonyl (C=O) groups is 4. The maximum absolute atomic E-state index is 13.3. The summed E-state index contributed by atoms with van der Waals surface area (Å²) < 4.78 is 12.1. The third kappa shape index (κ3) is 7.72. The molecule has 274 valence electrons. The lowest BCUT2D eigenvalue weighted by atomic mass is 9.78. The van der Waals surface area contributed by atoms with Gasteiger partial charge in [-0.2, -0.15) is 0 Å². The lowest BCUT2D eigenvalue weighted by Gasteiger charge is -2.27. The normalized spacial score (nSPS) is 17.4. The summed E-state index contributed by atoms with van der Waals surface area (Å²) in [5.41, 5.74) is 3.92. The van der Waals surface area contributed by atoms with Crippen LogP contribution < -0.4 is 25.0 Å².